The maximum Gasteiger partial charge on any atom is 0.162 e. The number of rotatable bonds is 2. The van der Waals surface area contributed by atoms with E-state index in [0.29, 0.717) is 13.2 Å². The van der Waals surface area contributed by atoms with E-state index in [-0.39, 0.29) is 6.04 Å². The molecule has 1 aromatic carbocycles. The molecule has 1 fully saturated rings. The Kier molecular flexibility index (Phi) is 4.13. The Balaban J connectivity index is 1.98. The molecule has 1 aromatic rings. The van der Waals surface area contributed by atoms with Crippen LogP contribution in [0, 0.1) is 0 Å². The number of halogens is 2. The van der Waals surface area contributed by atoms with Gasteiger partial charge in [0.1, 0.15) is 0 Å². The van der Waals surface area contributed by atoms with Crippen LogP contribution >= 0.6 is 31.9 Å². The fourth-order valence-corrected chi connectivity index (χ4v) is 2.76. The van der Waals surface area contributed by atoms with E-state index in [2.05, 4.69) is 37.2 Å². The van der Waals surface area contributed by atoms with Crippen molar-refractivity contribution >= 4 is 37.5 Å². The van der Waals surface area contributed by atoms with Gasteiger partial charge in [-0.05, 0) is 48.0 Å². The van der Waals surface area contributed by atoms with Crippen molar-refractivity contribution in [3.05, 3.63) is 27.1 Å². The first-order valence-electron chi connectivity index (χ1n) is 5.46. The van der Waals surface area contributed by atoms with Crippen molar-refractivity contribution in [2.75, 3.05) is 18.5 Å². The summed E-state index contributed by atoms with van der Waals surface area (Å²) in [6.45, 7) is 5.16. The molecule has 2 rings (SSSR count). The van der Waals surface area contributed by atoms with E-state index in [1.807, 2.05) is 32.0 Å². The highest BCUT2D eigenvalue weighted by Gasteiger charge is 2.28. The summed E-state index contributed by atoms with van der Waals surface area (Å²) < 4.78 is 13.3. The molecular weight excluding hydrogens is 350 g/mol. The minimum Gasteiger partial charge on any atom is -0.377 e. The van der Waals surface area contributed by atoms with Gasteiger partial charge in [-0.3, -0.25) is 0 Å². The topological polar surface area (TPSA) is 30.5 Å². The van der Waals surface area contributed by atoms with Crippen molar-refractivity contribution in [1.29, 1.82) is 0 Å². The zero-order valence-corrected chi connectivity index (χ0v) is 13.0. The first-order valence-corrected chi connectivity index (χ1v) is 7.04. The lowest BCUT2D eigenvalue weighted by molar-refractivity contribution is -0.247. The van der Waals surface area contributed by atoms with Crippen LogP contribution in [0.5, 0.6) is 0 Å². The van der Waals surface area contributed by atoms with E-state index in [9.17, 15) is 0 Å². The van der Waals surface area contributed by atoms with Crippen molar-refractivity contribution in [3.8, 4) is 0 Å². The number of hydrogen-bond acceptors (Lipinski definition) is 3. The largest absolute Gasteiger partial charge is 0.377 e. The number of hydrogen-bond donors (Lipinski definition) is 1. The molecule has 94 valence electrons. The van der Waals surface area contributed by atoms with E-state index < -0.39 is 5.79 Å². The number of benzene rings is 1. The summed E-state index contributed by atoms with van der Waals surface area (Å²) in [6.07, 6.45) is 0. The summed E-state index contributed by atoms with van der Waals surface area (Å²) in [4.78, 5) is 0. The molecule has 0 unspecified atom stereocenters. The molecule has 0 saturated carbocycles. The summed E-state index contributed by atoms with van der Waals surface area (Å²) in [7, 11) is 0. The van der Waals surface area contributed by atoms with Crippen LogP contribution in [0.1, 0.15) is 13.8 Å². The zero-order chi connectivity index (χ0) is 12.5. The van der Waals surface area contributed by atoms with Crippen LogP contribution in [0.2, 0.25) is 0 Å². The van der Waals surface area contributed by atoms with Crippen molar-refractivity contribution in [1.82, 2.24) is 0 Å². The predicted octanol–water partition coefficient (Wildman–Crippen LogP) is 3.78. The molecule has 1 N–H and O–H groups in total. The number of nitrogens with one attached hydrogen (secondary N) is 1. The van der Waals surface area contributed by atoms with E-state index in [1.165, 1.54) is 0 Å². The third-order valence-corrected chi connectivity index (χ3v) is 3.70. The standard InChI is InChI=1S/C12H15Br2NO2/c1-12(2)16-6-9(7-17-12)15-11-4-3-8(13)5-10(11)14/h3-5,9,15H,6-7H2,1-2H3. The van der Waals surface area contributed by atoms with Crippen molar-refractivity contribution in [2.45, 2.75) is 25.7 Å². The molecular formula is C12H15Br2NO2. The zero-order valence-electron chi connectivity index (χ0n) is 9.80. The molecule has 5 heteroatoms. The van der Waals surface area contributed by atoms with Gasteiger partial charge >= 0.3 is 0 Å². The first-order chi connectivity index (χ1) is 7.96. The molecule has 17 heavy (non-hydrogen) atoms. The Morgan fingerprint density at radius 3 is 2.47 bits per heavy atom. The van der Waals surface area contributed by atoms with Gasteiger partial charge in [0.05, 0.1) is 19.3 Å². The molecule has 0 radical (unpaired) electrons. The lowest BCUT2D eigenvalue weighted by atomic mass is 10.2. The molecule has 0 aromatic heterocycles. The molecule has 0 aliphatic carbocycles. The molecule has 1 aliphatic rings. The van der Waals surface area contributed by atoms with Gasteiger partial charge in [0, 0.05) is 14.6 Å². The van der Waals surface area contributed by atoms with E-state index in [0.717, 1.165) is 14.6 Å². The van der Waals surface area contributed by atoms with Crippen LogP contribution in [-0.4, -0.2) is 25.0 Å². The first kappa shape index (κ1) is 13.3. The Labute approximate surface area is 118 Å². The van der Waals surface area contributed by atoms with E-state index in [4.69, 9.17) is 9.47 Å². The van der Waals surface area contributed by atoms with Gasteiger partial charge in [0.2, 0.25) is 0 Å². The lowest BCUT2D eigenvalue weighted by Crippen LogP contribution is -2.45. The third kappa shape index (κ3) is 3.68. The second-order valence-electron chi connectivity index (χ2n) is 4.49. The van der Waals surface area contributed by atoms with Gasteiger partial charge in [-0.1, -0.05) is 15.9 Å². The van der Waals surface area contributed by atoms with Crippen LogP contribution in [0.25, 0.3) is 0 Å². The van der Waals surface area contributed by atoms with Crippen LogP contribution in [-0.2, 0) is 9.47 Å². The minimum absolute atomic E-state index is 0.181. The van der Waals surface area contributed by atoms with Crippen LogP contribution in [0.4, 0.5) is 5.69 Å². The average molecular weight is 365 g/mol. The summed E-state index contributed by atoms with van der Waals surface area (Å²) in [5, 5.41) is 3.40. The van der Waals surface area contributed by atoms with Gasteiger partial charge in [-0.15, -0.1) is 0 Å². The highest BCUT2D eigenvalue weighted by atomic mass is 79.9. The van der Waals surface area contributed by atoms with Crippen LogP contribution < -0.4 is 5.32 Å². The van der Waals surface area contributed by atoms with Crippen LogP contribution in [0.15, 0.2) is 27.1 Å². The molecule has 1 heterocycles. The Morgan fingerprint density at radius 2 is 1.88 bits per heavy atom. The third-order valence-electron chi connectivity index (χ3n) is 2.55. The second-order valence-corrected chi connectivity index (χ2v) is 6.26. The maximum atomic E-state index is 5.60. The predicted molar refractivity (Wildman–Crippen MR) is 75.2 cm³/mol. The molecule has 1 saturated heterocycles. The molecule has 0 spiro atoms. The summed E-state index contributed by atoms with van der Waals surface area (Å²) in [6, 6.07) is 6.22. The van der Waals surface area contributed by atoms with Gasteiger partial charge < -0.3 is 14.8 Å². The summed E-state index contributed by atoms with van der Waals surface area (Å²) >= 11 is 6.95. The van der Waals surface area contributed by atoms with Gasteiger partial charge in [-0.2, -0.15) is 0 Å². The average Bonchev–Trinajstić information content (AvgIpc) is 2.25. The SMILES string of the molecule is CC1(C)OCC(Nc2ccc(Br)cc2Br)CO1. The van der Waals surface area contributed by atoms with Crippen LogP contribution in [0.3, 0.4) is 0 Å². The second kappa shape index (κ2) is 5.26. The molecule has 0 amide bonds. The summed E-state index contributed by atoms with van der Waals surface area (Å²) in [5.41, 5.74) is 1.05. The lowest BCUT2D eigenvalue weighted by Gasteiger charge is -2.35. The number of ether oxygens (including phenoxy) is 2. The van der Waals surface area contributed by atoms with Gasteiger partial charge in [-0.25, -0.2) is 0 Å². The monoisotopic (exact) mass is 363 g/mol. The molecule has 1 aliphatic heterocycles. The smallest absolute Gasteiger partial charge is 0.162 e. The number of anilines is 1. The highest BCUT2D eigenvalue weighted by molar-refractivity contribution is 9.11. The van der Waals surface area contributed by atoms with E-state index >= 15 is 0 Å². The Bertz CT molecular complexity index is 399. The Hall–Kier alpha value is -0.100. The van der Waals surface area contributed by atoms with Crippen molar-refractivity contribution in [3.63, 3.8) is 0 Å². The minimum atomic E-state index is -0.463. The Morgan fingerprint density at radius 1 is 1.24 bits per heavy atom. The van der Waals surface area contributed by atoms with Crippen molar-refractivity contribution < 1.29 is 9.47 Å². The summed E-state index contributed by atoms with van der Waals surface area (Å²) in [5.74, 6) is -0.463. The molecule has 0 bridgehead atoms. The fraction of sp³-hybridized carbons (Fsp3) is 0.500. The molecule has 3 nitrogen and oxygen atoms in total. The maximum absolute atomic E-state index is 5.60. The normalized spacial score (nSPS) is 20.2. The quantitative estimate of drug-likeness (QED) is 0.866. The van der Waals surface area contributed by atoms with Gasteiger partial charge in [0.25, 0.3) is 0 Å². The van der Waals surface area contributed by atoms with Crippen molar-refractivity contribution in [2.24, 2.45) is 0 Å². The van der Waals surface area contributed by atoms with Gasteiger partial charge in [0.15, 0.2) is 5.79 Å². The fourth-order valence-electron chi connectivity index (χ4n) is 1.60. The highest BCUT2D eigenvalue weighted by Crippen LogP contribution is 2.28. The van der Waals surface area contributed by atoms with E-state index in [1.54, 1.807) is 0 Å². The molecule has 0 atom stereocenters.